The molecule has 0 saturated carbocycles. The van der Waals surface area contributed by atoms with E-state index in [1.54, 1.807) is 12.1 Å². The van der Waals surface area contributed by atoms with Gasteiger partial charge in [-0.2, -0.15) is 0 Å². The van der Waals surface area contributed by atoms with E-state index in [1.807, 2.05) is 6.92 Å². The van der Waals surface area contributed by atoms with E-state index in [-0.39, 0.29) is 17.6 Å². The molecule has 2 N–H and O–H groups in total. The highest BCUT2D eigenvalue weighted by molar-refractivity contribution is 5.78. The molecule has 0 bridgehead atoms. The van der Waals surface area contributed by atoms with Crippen molar-refractivity contribution in [2.45, 2.75) is 6.92 Å². The second-order valence-corrected chi connectivity index (χ2v) is 4.80. The zero-order valence-corrected chi connectivity index (χ0v) is 11.0. The largest absolute Gasteiger partial charge is 0.492 e. The number of carbonyl (C=O) groups excluding carboxylic acids is 1. The van der Waals surface area contributed by atoms with Crippen molar-refractivity contribution in [2.24, 2.45) is 11.8 Å². The van der Waals surface area contributed by atoms with E-state index in [2.05, 4.69) is 10.6 Å². The SMILES string of the molecule is CC(C(=O)NCCOc1ccc(F)cc1)C1CNC1. The Morgan fingerprint density at radius 3 is 2.74 bits per heavy atom. The smallest absolute Gasteiger partial charge is 0.223 e. The van der Waals surface area contributed by atoms with Gasteiger partial charge in [0.05, 0.1) is 6.54 Å². The average Bonchev–Trinajstić information content (AvgIpc) is 2.34. The number of carbonyl (C=O) groups is 1. The van der Waals surface area contributed by atoms with Crippen molar-refractivity contribution in [1.82, 2.24) is 10.6 Å². The monoisotopic (exact) mass is 266 g/mol. The van der Waals surface area contributed by atoms with Gasteiger partial charge in [0.1, 0.15) is 18.2 Å². The van der Waals surface area contributed by atoms with Crippen LogP contribution in [0, 0.1) is 17.7 Å². The predicted molar refractivity (Wildman–Crippen MR) is 70.4 cm³/mol. The van der Waals surface area contributed by atoms with Crippen molar-refractivity contribution in [1.29, 1.82) is 0 Å². The number of benzene rings is 1. The third-order valence-corrected chi connectivity index (χ3v) is 3.42. The highest BCUT2D eigenvalue weighted by Crippen LogP contribution is 2.15. The van der Waals surface area contributed by atoms with Gasteiger partial charge in [-0.1, -0.05) is 6.92 Å². The van der Waals surface area contributed by atoms with Crippen LogP contribution in [0.5, 0.6) is 5.75 Å². The zero-order valence-electron chi connectivity index (χ0n) is 11.0. The molecule has 1 unspecified atom stereocenters. The molecular formula is C14H19FN2O2. The van der Waals surface area contributed by atoms with Gasteiger partial charge in [0.25, 0.3) is 0 Å². The van der Waals surface area contributed by atoms with Crippen molar-refractivity contribution >= 4 is 5.91 Å². The molecule has 19 heavy (non-hydrogen) atoms. The number of halogens is 1. The summed E-state index contributed by atoms with van der Waals surface area (Å²) in [6, 6.07) is 5.83. The van der Waals surface area contributed by atoms with Crippen LogP contribution in [0.25, 0.3) is 0 Å². The summed E-state index contributed by atoms with van der Waals surface area (Å²) in [5, 5.41) is 6.00. The fraction of sp³-hybridized carbons (Fsp3) is 0.500. The van der Waals surface area contributed by atoms with E-state index >= 15 is 0 Å². The number of ether oxygens (including phenoxy) is 1. The molecule has 0 spiro atoms. The summed E-state index contributed by atoms with van der Waals surface area (Å²) in [6.07, 6.45) is 0. The number of nitrogens with one attached hydrogen (secondary N) is 2. The lowest BCUT2D eigenvalue weighted by atomic mass is 9.88. The maximum Gasteiger partial charge on any atom is 0.223 e. The van der Waals surface area contributed by atoms with Crippen molar-refractivity contribution in [3.05, 3.63) is 30.1 Å². The van der Waals surface area contributed by atoms with Crippen molar-refractivity contribution in [2.75, 3.05) is 26.2 Å². The Hall–Kier alpha value is -1.62. The van der Waals surface area contributed by atoms with Gasteiger partial charge in [0.2, 0.25) is 5.91 Å². The molecular weight excluding hydrogens is 247 g/mol. The van der Waals surface area contributed by atoms with Gasteiger partial charge in [-0.15, -0.1) is 0 Å². The minimum Gasteiger partial charge on any atom is -0.492 e. The second-order valence-electron chi connectivity index (χ2n) is 4.80. The van der Waals surface area contributed by atoms with Crippen LogP contribution in [0.3, 0.4) is 0 Å². The lowest BCUT2D eigenvalue weighted by molar-refractivity contribution is -0.126. The summed E-state index contributed by atoms with van der Waals surface area (Å²) < 4.78 is 18.1. The molecule has 1 amide bonds. The molecule has 1 aromatic carbocycles. The normalized spacial score (nSPS) is 16.5. The van der Waals surface area contributed by atoms with Gasteiger partial charge in [0, 0.05) is 5.92 Å². The van der Waals surface area contributed by atoms with Crippen molar-refractivity contribution in [3.63, 3.8) is 0 Å². The van der Waals surface area contributed by atoms with Crippen molar-refractivity contribution < 1.29 is 13.9 Å². The van der Waals surface area contributed by atoms with E-state index in [0.717, 1.165) is 13.1 Å². The molecule has 1 heterocycles. The van der Waals surface area contributed by atoms with Gasteiger partial charge < -0.3 is 15.4 Å². The number of hydrogen-bond donors (Lipinski definition) is 2. The Bertz CT molecular complexity index is 418. The van der Waals surface area contributed by atoms with Gasteiger partial charge in [0.15, 0.2) is 0 Å². The van der Waals surface area contributed by atoms with Crippen LogP contribution in [-0.2, 0) is 4.79 Å². The predicted octanol–water partition coefficient (Wildman–Crippen LogP) is 1.18. The lowest BCUT2D eigenvalue weighted by Gasteiger charge is -2.31. The third-order valence-electron chi connectivity index (χ3n) is 3.42. The van der Waals surface area contributed by atoms with Gasteiger partial charge in [-0.25, -0.2) is 4.39 Å². The molecule has 1 saturated heterocycles. The Balaban J connectivity index is 1.63. The van der Waals surface area contributed by atoms with Gasteiger partial charge in [-0.3, -0.25) is 4.79 Å². The van der Waals surface area contributed by atoms with Crippen LogP contribution in [0.15, 0.2) is 24.3 Å². The third kappa shape index (κ3) is 3.92. The van der Waals surface area contributed by atoms with Crippen LogP contribution in [0.2, 0.25) is 0 Å². The second kappa shape index (κ2) is 6.52. The van der Waals surface area contributed by atoms with Crippen LogP contribution >= 0.6 is 0 Å². The molecule has 4 nitrogen and oxygen atoms in total. The van der Waals surface area contributed by atoms with Crippen LogP contribution in [0.4, 0.5) is 4.39 Å². The molecule has 0 aliphatic carbocycles. The molecule has 1 atom stereocenters. The van der Waals surface area contributed by atoms with E-state index in [9.17, 15) is 9.18 Å². The maximum atomic E-state index is 12.7. The van der Waals surface area contributed by atoms with E-state index in [0.29, 0.717) is 24.8 Å². The Morgan fingerprint density at radius 1 is 1.47 bits per heavy atom. The van der Waals surface area contributed by atoms with Crippen molar-refractivity contribution in [3.8, 4) is 5.75 Å². The summed E-state index contributed by atoms with van der Waals surface area (Å²) >= 11 is 0. The summed E-state index contributed by atoms with van der Waals surface area (Å²) in [5.74, 6) is 0.856. The fourth-order valence-electron chi connectivity index (χ4n) is 1.91. The van der Waals surface area contributed by atoms with E-state index < -0.39 is 0 Å². The first-order chi connectivity index (χ1) is 9.16. The Morgan fingerprint density at radius 2 is 2.16 bits per heavy atom. The molecule has 1 aliphatic rings. The summed E-state index contributed by atoms with van der Waals surface area (Å²) in [6.45, 7) is 4.62. The maximum absolute atomic E-state index is 12.7. The molecule has 2 rings (SSSR count). The topological polar surface area (TPSA) is 50.4 Å². The summed E-state index contributed by atoms with van der Waals surface area (Å²) in [4.78, 5) is 11.8. The highest BCUT2D eigenvalue weighted by atomic mass is 19.1. The van der Waals surface area contributed by atoms with Gasteiger partial charge >= 0.3 is 0 Å². The first-order valence-corrected chi connectivity index (χ1v) is 6.53. The van der Waals surface area contributed by atoms with Crippen LogP contribution in [-0.4, -0.2) is 32.1 Å². The Labute approximate surface area is 112 Å². The average molecular weight is 266 g/mol. The number of rotatable bonds is 6. The number of hydrogen-bond acceptors (Lipinski definition) is 3. The van der Waals surface area contributed by atoms with E-state index in [4.69, 9.17) is 4.74 Å². The highest BCUT2D eigenvalue weighted by Gasteiger charge is 2.28. The minimum absolute atomic E-state index is 0.0343. The van der Waals surface area contributed by atoms with Gasteiger partial charge in [-0.05, 0) is 43.3 Å². The lowest BCUT2D eigenvalue weighted by Crippen LogP contribution is -2.49. The first kappa shape index (κ1) is 13.8. The first-order valence-electron chi connectivity index (χ1n) is 6.53. The van der Waals surface area contributed by atoms with Crippen LogP contribution < -0.4 is 15.4 Å². The summed E-state index contributed by atoms with van der Waals surface area (Å²) in [5.41, 5.74) is 0. The molecule has 1 aliphatic heterocycles. The molecule has 0 aromatic heterocycles. The fourth-order valence-corrected chi connectivity index (χ4v) is 1.91. The Kier molecular flexibility index (Phi) is 4.74. The molecule has 1 aromatic rings. The summed E-state index contributed by atoms with van der Waals surface area (Å²) in [7, 11) is 0. The molecule has 5 heteroatoms. The minimum atomic E-state index is -0.288. The standard InChI is InChI=1S/C14H19FN2O2/c1-10(11-8-16-9-11)14(18)17-6-7-19-13-4-2-12(15)3-5-13/h2-5,10-11,16H,6-9H2,1H3,(H,17,18). The molecule has 104 valence electrons. The zero-order chi connectivity index (χ0) is 13.7. The number of amides is 1. The molecule has 1 fully saturated rings. The molecule has 0 radical (unpaired) electrons. The van der Waals surface area contributed by atoms with E-state index in [1.165, 1.54) is 12.1 Å². The quantitative estimate of drug-likeness (QED) is 0.760. The van der Waals surface area contributed by atoms with Crippen LogP contribution in [0.1, 0.15) is 6.92 Å².